The molecule has 1 saturated carbocycles. The first-order valence-electron chi connectivity index (χ1n) is 8.16. The van der Waals surface area contributed by atoms with Gasteiger partial charge in [0, 0.05) is 29.9 Å². The van der Waals surface area contributed by atoms with Gasteiger partial charge in [0.1, 0.15) is 0 Å². The Morgan fingerprint density at radius 2 is 2.04 bits per heavy atom. The van der Waals surface area contributed by atoms with Crippen LogP contribution in [0.4, 0.5) is 10.5 Å². The van der Waals surface area contributed by atoms with Crippen molar-refractivity contribution in [3.8, 4) is 0 Å². The van der Waals surface area contributed by atoms with Crippen LogP contribution < -0.4 is 21.7 Å². The molecule has 23 heavy (non-hydrogen) atoms. The Bertz CT molecular complexity index is 555. The Morgan fingerprint density at radius 1 is 1.30 bits per heavy atom. The Hall–Kier alpha value is -2.08. The molecule has 1 aliphatic carbocycles. The van der Waals surface area contributed by atoms with Crippen molar-refractivity contribution in [2.75, 3.05) is 11.9 Å². The first kappa shape index (κ1) is 17.3. The topological polar surface area (TPSA) is 96.2 Å². The highest BCUT2D eigenvalue weighted by molar-refractivity contribution is 5.97. The van der Waals surface area contributed by atoms with E-state index in [1.165, 1.54) is 0 Å². The fourth-order valence-corrected chi connectivity index (χ4v) is 2.37. The van der Waals surface area contributed by atoms with Crippen molar-refractivity contribution in [3.05, 3.63) is 29.8 Å². The summed E-state index contributed by atoms with van der Waals surface area (Å²) in [5, 5.41) is 8.54. The van der Waals surface area contributed by atoms with E-state index < -0.39 is 0 Å². The molecule has 1 aromatic rings. The maximum Gasteiger partial charge on any atom is 0.319 e. The van der Waals surface area contributed by atoms with Crippen LogP contribution in [0, 0.1) is 5.92 Å². The Kier molecular flexibility index (Phi) is 5.98. The van der Waals surface area contributed by atoms with Crippen molar-refractivity contribution in [3.63, 3.8) is 0 Å². The summed E-state index contributed by atoms with van der Waals surface area (Å²) in [5.41, 5.74) is 6.83. The molecular weight excluding hydrogens is 292 g/mol. The van der Waals surface area contributed by atoms with Crippen LogP contribution in [-0.2, 0) is 0 Å². The van der Waals surface area contributed by atoms with Gasteiger partial charge < -0.3 is 21.7 Å². The minimum Gasteiger partial charge on any atom is -0.348 e. The number of hydrogen-bond acceptors (Lipinski definition) is 3. The number of rotatable bonds is 7. The standard InChI is InChI=1S/C17H26N4O2/c1-11(2)8-15(10-18)19-16(22)12-4-3-5-14(9-12)21-17(23)20-13-6-7-13/h3-5,9,11,13,15H,6-8,10,18H2,1-2H3,(H,19,22)(H2,20,21,23). The van der Waals surface area contributed by atoms with Crippen molar-refractivity contribution in [1.82, 2.24) is 10.6 Å². The van der Waals surface area contributed by atoms with Gasteiger partial charge in [0.15, 0.2) is 0 Å². The van der Waals surface area contributed by atoms with Gasteiger partial charge >= 0.3 is 6.03 Å². The van der Waals surface area contributed by atoms with Crippen molar-refractivity contribution >= 4 is 17.6 Å². The average molecular weight is 318 g/mol. The van der Waals surface area contributed by atoms with Gasteiger partial charge in [-0.2, -0.15) is 0 Å². The van der Waals surface area contributed by atoms with Crippen molar-refractivity contribution in [1.29, 1.82) is 0 Å². The first-order valence-corrected chi connectivity index (χ1v) is 8.16. The number of carbonyl (C=O) groups excluding carboxylic acids is 2. The molecule has 1 fully saturated rings. The quantitative estimate of drug-likeness (QED) is 0.619. The van der Waals surface area contributed by atoms with Crippen molar-refractivity contribution < 1.29 is 9.59 Å². The lowest BCUT2D eigenvalue weighted by Gasteiger charge is -2.19. The summed E-state index contributed by atoms with van der Waals surface area (Å²) in [6, 6.07) is 6.93. The summed E-state index contributed by atoms with van der Waals surface area (Å²) < 4.78 is 0. The maximum absolute atomic E-state index is 12.3. The molecule has 1 atom stereocenters. The average Bonchev–Trinajstić information content (AvgIpc) is 3.30. The van der Waals surface area contributed by atoms with Crippen LogP contribution in [0.5, 0.6) is 0 Å². The summed E-state index contributed by atoms with van der Waals surface area (Å²) in [6.07, 6.45) is 2.91. The lowest BCUT2D eigenvalue weighted by molar-refractivity contribution is 0.0933. The van der Waals surface area contributed by atoms with Crippen molar-refractivity contribution in [2.24, 2.45) is 11.7 Å². The van der Waals surface area contributed by atoms with Crippen LogP contribution in [0.1, 0.15) is 43.5 Å². The van der Waals surface area contributed by atoms with E-state index in [4.69, 9.17) is 5.73 Å². The molecule has 1 aromatic carbocycles. The number of carbonyl (C=O) groups is 2. The van der Waals surface area contributed by atoms with Gasteiger partial charge in [-0.15, -0.1) is 0 Å². The van der Waals surface area contributed by atoms with E-state index >= 15 is 0 Å². The Morgan fingerprint density at radius 3 is 2.65 bits per heavy atom. The van der Waals surface area contributed by atoms with E-state index in [0.717, 1.165) is 19.3 Å². The number of anilines is 1. The number of benzene rings is 1. The second kappa shape index (κ2) is 7.97. The molecule has 1 unspecified atom stereocenters. The van der Waals surface area contributed by atoms with Crippen LogP contribution in [0.15, 0.2) is 24.3 Å². The normalized spacial score (nSPS) is 15.1. The second-order valence-corrected chi connectivity index (χ2v) is 6.49. The largest absolute Gasteiger partial charge is 0.348 e. The smallest absolute Gasteiger partial charge is 0.319 e. The summed E-state index contributed by atoms with van der Waals surface area (Å²) in [5.74, 6) is 0.287. The van der Waals surface area contributed by atoms with Crippen LogP contribution in [0.3, 0.4) is 0 Å². The molecule has 3 amide bonds. The molecule has 0 radical (unpaired) electrons. The zero-order valence-corrected chi connectivity index (χ0v) is 13.8. The predicted molar refractivity (Wildman–Crippen MR) is 91.4 cm³/mol. The number of urea groups is 1. The predicted octanol–water partition coefficient (Wildman–Crippen LogP) is 2.07. The molecule has 0 heterocycles. The zero-order chi connectivity index (χ0) is 16.8. The molecule has 0 aromatic heterocycles. The molecule has 5 N–H and O–H groups in total. The fourth-order valence-electron chi connectivity index (χ4n) is 2.37. The van der Waals surface area contributed by atoms with Crippen molar-refractivity contribution in [2.45, 2.75) is 45.2 Å². The SMILES string of the molecule is CC(C)CC(CN)NC(=O)c1cccc(NC(=O)NC2CC2)c1. The number of nitrogens with two attached hydrogens (primary N) is 1. The monoisotopic (exact) mass is 318 g/mol. The molecule has 126 valence electrons. The van der Waals surface area contributed by atoms with E-state index in [9.17, 15) is 9.59 Å². The number of amides is 3. The summed E-state index contributed by atoms with van der Waals surface area (Å²) in [6.45, 7) is 4.60. The summed E-state index contributed by atoms with van der Waals surface area (Å²) in [4.78, 5) is 24.1. The third-order valence-electron chi connectivity index (χ3n) is 3.67. The molecule has 6 heteroatoms. The van der Waals surface area contributed by atoms with Gasteiger partial charge in [0.2, 0.25) is 0 Å². The first-order chi connectivity index (χ1) is 11.0. The second-order valence-electron chi connectivity index (χ2n) is 6.49. The minimum absolute atomic E-state index is 0.0442. The van der Waals surface area contributed by atoms with Gasteiger partial charge in [-0.3, -0.25) is 4.79 Å². The van der Waals surface area contributed by atoms with E-state index in [1.807, 2.05) is 0 Å². The van der Waals surface area contributed by atoms with Gasteiger partial charge in [-0.1, -0.05) is 19.9 Å². The molecule has 6 nitrogen and oxygen atoms in total. The summed E-state index contributed by atoms with van der Waals surface area (Å²) in [7, 11) is 0. The third-order valence-corrected chi connectivity index (χ3v) is 3.67. The molecule has 2 rings (SSSR count). The van der Waals surface area contributed by atoms with Gasteiger partial charge in [0.25, 0.3) is 5.91 Å². The lowest BCUT2D eigenvalue weighted by atomic mass is 10.0. The number of hydrogen-bond donors (Lipinski definition) is 4. The lowest BCUT2D eigenvalue weighted by Crippen LogP contribution is -2.41. The highest BCUT2D eigenvalue weighted by atomic mass is 16.2. The molecule has 0 saturated heterocycles. The van der Waals surface area contributed by atoms with Gasteiger partial charge in [0.05, 0.1) is 0 Å². The molecular formula is C17H26N4O2. The van der Waals surface area contributed by atoms with Crippen LogP contribution in [-0.4, -0.2) is 30.6 Å². The molecule has 0 aliphatic heterocycles. The van der Waals surface area contributed by atoms with E-state index in [1.54, 1.807) is 24.3 Å². The van der Waals surface area contributed by atoms with Crippen LogP contribution in [0.25, 0.3) is 0 Å². The molecule has 1 aliphatic rings. The highest BCUT2D eigenvalue weighted by Crippen LogP contribution is 2.19. The van der Waals surface area contributed by atoms with Crippen LogP contribution in [0.2, 0.25) is 0 Å². The Labute approximate surface area is 137 Å². The zero-order valence-electron chi connectivity index (χ0n) is 13.8. The molecule has 0 spiro atoms. The van der Waals surface area contributed by atoms with E-state index in [2.05, 4.69) is 29.8 Å². The summed E-state index contributed by atoms with van der Waals surface area (Å²) >= 11 is 0. The Balaban J connectivity index is 1.94. The highest BCUT2D eigenvalue weighted by Gasteiger charge is 2.23. The van der Waals surface area contributed by atoms with E-state index in [0.29, 0.717) is 29.8 Å². The van der Waals surface area contributed by atoms with E-state index in [-0.39, 0.29) is 18.0 Å². The molecule has 0 bridgehead atoms. The fraction of sp³-hybridized carbons (Fsp3) is 0.529. The minimum atomic E-state index is -0.232. The maximum atomic E-state index is 12.3. The number of nitrogens with one attached hydrogen (secondary N) is 3. The van der Waals surface area contributed by atoms with Gasteiger partial charge in [-0.25, -0.2) is 4.79 Å². The van der Waals surface area contributed by atoms with Gasteiger partial charge in [-0.05, 0) is 43.4 Å². The van der Waals surface area contributed by atoms with Crippen LogP contribution >= 0.6 is 0 Å². The third kappa shape index (κ3) is 5.90.